The van der Waals surface area contributed by atoms with Gasteiger partial charge in [0.15, 0.2) is 0 Å². The van der Waals surface area contributed by atoms with Crippen LogP contribution in [0.15, 0.2) is 0 Å². The molecule has 1 saturated carbocycles. The SMILES string of the molecule is COC(=O)[C@@H]1C[C@H](NC(=O)C2CCCCC2)CN1CC(C)C. The van der Waals surface area contributed by atoms with Gasteiger partial charge in [-0.15, -0.1) is 0 Å². The van der Waals surface area contributed by atoms with E-state index in [1.165, 1.54) is 13.5 Å². The number of likely N-dealkylation sites (tertiary alicyclic amines) is 1. The summed E-state index contributed by atoms with van der Waals surface area (Å²) in [5.41, 5.74) is 0. The van der Waals surface area contributed by atoms with Crippen LogP contribution in [0.1, 0.15) is 52.4 Å². The van der Waals surface area contributed by atoms with E-state index < -0.39 is 0 Å². The van der Waals surface area contributed by atoms with Crippen molar-refractivity contribution < 1.29 is 14.3 Å². The van der Waals surface area contributed by atoms with Crippen molar-refractivity contribution in [2.45, 2.75) is 64.5 Å². The van der Waals surface area contributed by atoms with Crippen LogP contribution < -0.4 is 5.32 Å². The van der Waals surface area contributed by atoms with E-state index in [0.717, 1.165) is 38.8 Å². The summed E-state index contributed by atoms with van der Waals surface area (Å²) in [6.45, 7) is 5.89. The van der Waals surface area contributed by atoms with Crippen molar-refractivity contribution in [3.8, 4) is 0 Å². The van der Waals surface area contributed by atoms with Crippen LogP contribution >= 0.6 is 0 Å². The summed E-state index contributed by atoms with van der Waals surface area (Å²) in [6.07, 6.45) is 6.25. The van der Waals surface area contributed by atoms with E-state index in [4.69, 9.17) is 4.74 Å². The molecule has 1 amide bonds. The fourth-order valence-corrected chi connectivity index (χ4v) is 3.74. The summed E-state index contributed by atoms with van der Waals surface area (Å²) in [6, 6.07) is -0.152. The Kier molecular flexibility index (Phi) is 6.24. The molecule has 0 aromatic carbocycles. The highest BCUT2D eigenvalue weighted by molar-refractivity contribution is 5.80. The largest absolute Gasteiger partial charge is 0.468 e. The van der Waals surface area contributed by atoms with Crippen molar-refractivity contribution in [3.63, 3.8) is 0 Å². The average Bonchev–Trinajstić information content (AvgIpc) is 2.89. The number of nitrogens with one attached hydrogen (secondary N) is 1. The minimum absolute atomic E-state index is 0.0669. The van der Waals surface area contributed by atoms with E-state index in [9.17, 15) is 9.59 Å². The highest BCUT2D eigenvalue weighted by Gasteiger charge is 2.38. The van der Waals surface area contributed by atoms with Crippen LogP contribution in [0.5, 0.6) is 0 Å². The lowest BCUT2D eigenvalue weighted by Gasteiger charge is -2.24. The fourth-order valence-electron chi connectivity index (χ4n) is 3.74. The summed E-state index contributed by atoms with van der Waals surface area (Å²) >= 11 is 0. The van der Waals surface area contributed by atoms with E-state index in [0.29, 0.717) is 12.3 Å². The van der Waals surface area contributed by atoms with Gasteiger partial charge in [0.2, 0.25) is 5.91 Å². The molecule has 5 heteroatoms. The number of esters is 1. The van der Waals surface area contributed by atoms with E-state index in [-0.39, 0.29) is 29.9 Å². The van der Waals surface area contributed by atoms with Crippen molar-refractivity contribution in [1.29, 1.82) is 0 Å². The van der Waals surface area contributed by atoms with Gasteiger partial charge in [-0.1, -0.05) is 33.1 Å². The third-order valence-electron chi connectivity index (χ3n) is 4.80. The second-order valence-electron chi connectivity index (χ2n) is 7.16. The van der Waals surface area contributed by atoms with Gasteiger partial charge in [-0.05, 0) is 25.2 Å². The van der Waals surface area contributed by atoms with Crippen LogP contribution in [-0.2, 0) is 14.3 Å². The molecule has 1 heterocycles. The number of ether oxygens (including phenoxy) is 1. The maximum atomic E-state index is 12.4. The predicted octanol–water partition coefficient (Wildman–Crippen LogP) is 1.95. The molecule has 5 nitrogen and oxygen atoms in total. The van der Waals surface area contributed by atoms with Crippen molar-refractivity contribution in [1.82, 2.24) is 10.2 Å². The zero-order valence-electron chi connectivity index (χ0n) is 14.1. The van der Waals surface area contributed by atoms with Gasteiger partial charge in [0.25, 0.3) is 0 Å². The average molecular weight is 310 g/mol. The van der Waals surface area contributed by atoms with Crippen LogP contribution in [-0.4, -0.2) is 49.1 Å². The molecule has 2 atom stereocenters. The van der Waals surface area contributed by atoms with Crippen molar-refractivity contribution in [2.75, 3.05) is 20.2 Å². The number of carbonyl (C=O) groups excluding carboxylic acids is 2. The summed E-state index contributed by atoms with van der Waals surface area (Å²) in [4.78, 5) is 26.5. The van der Waals surface area contributed by atoms with Gasteiger partial charge < -0.3 is 10.1 Å². The second kappa shape index (κ2) is 7.95. The van der Waals surface area contributed by atoms with Crippen molar-refractivity contribution in [2.24, 2.45) is 11.8 Å². The summed E-state index contributed by atoms with van der Waals surface area (Å²) in [7, 11) is 1.43. The Morgan fingerprint density at radius 3 is 2.50 bits per heavy atom. The molecule has 0 aromatic heterocycles. The smallest absolute Gasteiger partial charge is 0.323 e. The molecule has 126 valence electrons. The maximum Gasteiger partial charge on any atom is 0.323 e. The van der Waals surface area contributed by atoms with E-state index in [1.54, 1.807) is 0 Å². The Labute approximate surface area is 133 Å². The number of hydrogen-bond acceptors (Lipinski definition) is 4. The number of carbonyl (C=O) groups is 2. The molecule has 0 bridgehead atoms. The molecule has 2 fully saturated rings. The van der Waals surface area contributed by atoms with Crippen LogP contribution in [0.2, 0.25) is 0 Å². The molecule has 22 heavy (non-hydrogen) atoms. The van der Waals surface area contributed by atoms with Gasteiger partial charge in [0, 0.05) is 25.0 Å². The Hall–Kier alpha value is -1.10. The Morgan fingerprint density at radius 2 is 1.91 bits per heavy atom. The van der Waals surface area contributed by atoms with Crippen LogP contribution in [0, 0.1) is 11.8 Å². The first-order valence-corrected chi connectivity index (χ1v) is 8.63. The third-order valence-corrected chi connectivity index (χ3v) is 4.80. The quantitative estimate of drug-likeness (QED) is 0.789. The van der Waals surface area contributed by atoms with E-state index >= 15 is 0 Å². The van der Waals surface area contributed by atoms with Gasteiger partial charge in [0.05, 0.1) is 7.11 Å². The first kappa shape index (κ1) is 17.3. The molecule has 1 N–H and O–H groups in total. The summed E-state index contributed by atoms with van der Waals surface area (Å²) in [5, 5.41) is 3.17. The molecule has 0 radical (unpaired) electrons. The molecule has 1 aliphatic carbocycles. The highest BCUT2D eigenvalue weighted by Crippen LogP contribution is 2.25. The van der Waals surface area contributed by atoms with Gasteiger partial charge in [-0.25, -0.2) is 0 Å². The highest BCUT2D eigenvalue weighted by atomic mass is 16.5. The zero-order chi connectivity index (χ0) is 16.1. The van der Waals surface area contributed by atoms with Crippen LogP contribution in [0.3, 0.4) is 0 Å². The lowest BCUT2D eigenvalue weighted by Crippen LogP contribution is -2.41. The maximum absolute atomic E-state index is 12.4. The number of methoxy groups -OCH3 is 1. The van der Waals surface area contributed by atoms with Crippen molar-refractivity contribution in [3.05, 3.63) is 0 Å². The molecule has 0 spiro atoms. The molecular weight excluding hydrogens is 280 g/mol. The molecule has 2 aliphatic rings. The first-order valence-electron chi connectivity index (χ1n) is 8.63. The van der Waals surface area contributed by atoms with E-state index in [1.807, 2.05) is 0 Å². The molecule has 2 rings (SSSR count). The monoisotopic (exact) mass is 310 g/mol. The topological polar surface area (TPSA) is 58.6 Å². The molecule has 1 saturated heterocycles. The van der Waals surface area contributed by atoms with Gasteiger partial charge in [-0.2, -0.15) is 0 Å². The van der Waals surface area contributed by atoms with Crippen LogP contribution in [0.25, 0.3) is 0 Å². The normalized spacial score (nSPS) is 27.1. The minimum atomic E-state index is -0.218. The van der Waals surface area contributed by atoms with Gasteiger partial charge in [0.1, 0.15) is 6.04 Å². The number of hydrogen-bond donors (Lipinski definition) is 1. The number of amides is 1. The first-order chi connectivity index (χ1) is 10.5. The minimum Gasteiger partial charge on any atom is -0.468 e. The Balaban J connectivity index is 1.91. The lowest BCUT2D eigenvalue weighted by atomic mass is 9.88. The standard InChI is InChI=1S/C17H30N2O3/c1-12(2)10-19-11-14(9-15(19)17(21)22-3)18-16(20)13-7-5-4-6-8-13/h12-15H,4-11H2,1-3H3,(H,18,20)/t14-,15-/m0/s1. The van der Waals surface area contributed by atoms with Crippen LogP contribution in [0.4, 0.5) is 0 Å². The fraction of sp³-hybridized carbons (Fsp3) is 0.882. The molecular formula is C17H30N2O3. The van der Waals surface area contributed by atoms with E-state index in [2.05, 4.69) is 24.1 Å². The van der Waals surface area contributed by atoms with Crippen molar-refractivity contribution >= 4 is 11.9 Å². The summed E-state index contributed by atoms with van der Waals surface area (Å²) < 4.78 is 4.92. The molecule has 0 unspecified atom stereocenters. The molecule has 1 aliphatic heterocycles. The zero-order valence-corrected chi connectivity index (χ0v) is 14.1. The summed E-state index contributed by atoms with van der Waals surface area (Å²) in [5.74, 6) is 0.652. The Morgan fingerprint density at radius 1 is 1.23 bits per heavy atom. The second-order valence-corrected chi connectivity index (χ2v) is 7.16. The Bertz CT molecular complexity index is 391. The number of rotatable bonds is 5. The lowest BCUT2D eigenvalue weighted by molar-refractivity contribution is -0.146. The molecule has 0 aromatic rings. The number of nitrogens with zero attached hydrogens (tertiary/aromatic N) is 1. The third kappa shape index (κ3) is 4.45. The van der Waals surface area contributed by atoms with Gasteiger partial charge in [-0.3, -0.25) is 14.5 Å². The van der Waals surface area contributed by atoms with Gasteiger partial charge >= 0.3 is 5.97 Å². The predicted molar refractivity (Wildman–Crippen MR) is 85.3 cm³/mol.